The second kappa shape index (κ2) is 6.22. The van der Waals surface area contributed by atoms with E-state index in [4.69, 9.17) is 44.3 Å². The summed E-state index contributed by atoms with van der Waals surface area (Å²) in [5, 5.41) is 5.10. The van der Waals surface area contributed by atoms with Crippen molar-refractivity contribution in [3.8, 4) is 11.5 Å². The third kappa shape index (κ3) is 3.31. The van der Waals surface area contributed by atoms with Crippen molar-refractivity contribution in [1.82, 2.24) is 0 Å². The first-order valence-electron chi connectivity index (χ1n) is 6.40. The molecule has 0 spiro atoms. The van der Waals surface area contributed by atoms with Gasteiger partial charge in [0.2, 0.25) is 0 Å². The summed E-state index contributed by atoms with van der Waals surface area (Å²) in [7, 11) is 0. The zero-order chi connectivity index (χ0) is 14.8. The largest absolute Gasteiger partial charge is 0.486 e. The van der Waals surface area contributed by atoms with E-state index in [1.54, 1.807) is 18.2 Å². The molecule has 0 saturated carbocycles. The molecule has 0 saturated heterocycles. The number of halogens is 3. The molecule has 1 aliphatic heterocycles. The van der Waals surface area contributed by atoms with Gasteiger partial charge in [-0.1, -0.05) is 34.8 Å². The van der Waals surface area contributed by atoms with Gasteiger partial charge in [-0.25, -0.2) is 0 Å². The number of benzene rings is 2. The van der Waals surface area contributed by atoms with E-state index in [1.165, 1.54) is 0 Å². The van der Waals surface area contributed by atoms with Crippen molar-refractivity contribution in [3.63, 3.8) is 0 Å². The summed E-state index contributed by atoms with van der Waals surface area (Å²) in [5.74, 6) is 1.35. The van der Waals surface area contributed by atoms with Gasteiger partial charge in [0.05, 0.1) is 10.7 Å². The zero-order valence-electron chi connectivity index (χ0n) is 11.0. The topological polar surface area (TPSA) is 30.5 Å². The number of fused-ring (bicyclic) bond motifs is 1. The molecule has 0 radical (unpaired) electrons. The van der Waals surface area contributed by atoms with Crippen molar-refractivity contribution >= 4 is 40.5 Å². The molecule has 0 aliphatic carbocycles. The van der Waals surface area contributed by atoms with Crippen LogP contribution in [0.1, 0.15) is 5.56 Å². The second-order valence-corrected chi connectivity index (χ2v) is 5.82. The van der Waals surface area contributed by atoms with Crippen LogP contribution in [0.4, 0.5) is 5.69 Å². The lowest BCUT2D eigenvalue weighted by Crippen LogP contribution is -2.15. The van der Waals surface area contributed by atoms with Crippen LogP contribution in [0.3, 0.4) is 0 Å². The van der Waals surface area contributed by atoms with Gasteiger partial charge >= 0.3 is 0 Å². The van der Waals surface area contributed by atoms with Crippen LogP contribution >= 0.6 is 34.8 Å². The summed E-state index contributed by atoms with van der Waals surface area (Å²) >= 11 is 18.4. The number of ether oxygens (including phenoxy) is 2. The molecule has 1 N–H and O–H groups in total. The first-order valence-corrected chi connectivity index (χ1v) is 7.54. The van der Waals surface area contributed by atoms with Crippen LogP contribution < -0.4 is 14.8 Å². The molecule has 2 aromatic carbocycles. The molecule has 2 aromatic rings. The Hall–Kier alpha value is -1.29. The number of hydrogen-bond donors (Lipinski definition) is 1. The van der Waals surface area contributed by atoms with E-state index in [9.17, 15) is 0 Å². The zero-order valence-corrected chi connectivity index (χ0v) is 13.2. The Morgan fingerprint density at radius 2 is 1.62 bits per heavy atom. The van der Waals surface area contributed by atoms with Crippen molar-refractivity contribution in [2.75, 3.05) is 18.5 Å². The van der Waals surface area contributed by atoms with Crippen molar-refractivity contribution < 1.29 is 9.47 Å². The minimum Gasteiger partial charge on any atom is -0.486 e. The lowest BCUT2D eigenvalue weighted by molar-refractivity contribution is 0.171. The highest BCUT2D eigenvalue weighted by atomic mass is 35.5. The maximum absolute atomic E-state index is 6.24. The highest BCUT2D eigenvalue weighted by Crippen LogP contribution is 2.38. The lowest BCUT2D eigenvalue weighted by atomic mass is 10.2. The highest BCUT2D eigenvalue weighted by molar-refractivity contribution is 6.34. The van der Waals surface area contributed by atoms with E-state index in [0.29, 0.717) is 46.3 Å². The van der Waals surface area contributed by atoms with Gasteiger partial charge in [-0.3, -0.25) is 0 Å². The fourth-order valence-electron chi connectivity index (χ4n) is 2.07. The minimum absolute atomic E-state index is 0.513. The van der Waals surface area contributed by atoms with Crippen LogP contribution in [0.2, 0.25) is 15.1 Å². The summed E-state index contributed by atoms with van der Waals surface area (Å²) in [5.41, 5.74) is 1.66. The summed E-state index contributed by atoms with van der Waals surface area (Å²) in [6.45, 7) is 1.58. The molecule has 6 heteroatoms. The predicted molar refractivity (Wildman–Crippen MR) is 86.2 cm³/mol. The maximum atomic E-state index is 6.24. The van der Waals surface area contributed by atoms with Crippen molar-refractivity contribution in [2.24, 2.45) is 0 Å². The number of hydrogen-bond acceptors (Lipinski definition) is 3. The van der Waals surface area contributed by atoms with Crippen LogP contribution in [0.15, 0.2) is 30.3 Å². The van der Waals surface area contributed by atoms with Crippen LogP contribution in [0.25, 0.3) is 0 Å². The number of anilines is 1. The van der Waals surface area contributed by atoms with E-state index in [0.717, 1.165) is 11.3 Å². The van der Waals surface area contributed by atoms with Gasteiger partial charge in [-0.15, -0.1) is 0 Å². The van der Waals surface area contributed by atoms with E-state index in [2.05, 4.69) is 5.32 Å². The normalized spacial score (nSPS) is 13.1. The lowest BCUT2D eigenvalue weighted by Gasteiger charge is -2.20. The van der Waals surface area contributed by atoms with Crippen molar-refractivity contribution in [1.29, 1.82) is 0 Å². The Kier molecular flexibility index (Phi) is 4.34. The van der Waals surface area contributed by atoms with Crippen LogP contribution in [0.5, 0.6) is 11.5 Å². The first-order chi connectivity index (χ1) is 10.1. The van der Waals surface area contributed by atoms with Gasteiger partial charge in [0.15, 0.2) is 11.5 Å². The summed E-state index contributed by atoms with van der Waals surface area (Å²) < 4.78 is 11.0. The van der Waals surface area contributed by atoms with Crippen LogP contribution in [-0.4, -0.2) is 13.2 Å². The van der Waals surface area contributed by atoms with Gasteiger partial charge in [0.1, 0.15) is 13.2 Å². The molecular weight excluding hydrogens is 333 g/mol. The maximum Gasteiger partial charge on any atom is 0.163 e. The van der Waals surface area contributed by atoms with Crippen LogP contribution in [0, 0.1) is 0 Å². The Morgan fingerprint density at radius 3 is 2.38 bits per heavy atom. The SMILES string of the molecule is Clc1ccc(Cl)c(CNc2cc3c(cc2Cl)OCCO3)c1. The van der Waals surface area contributed by atoms with Gasteiger partial charge in [-0.2, -0.15) is 0 Å². The summed E-state index contributed by atoms with van der Waals surface area (Å²) in [6, 6.07) is 8.92. The van der Waals surface area contributed by atoms with E-state index in [-0.39, 0.29) is 0 Å². The molecule has 0 aromatic heterocycles. The van der Waals surface area contributed by atoms with Gasteiger partial charge in [0, 0.05) is 28.7 Å². The first kappa shape index (κ1) is 14.6. The molecule has 1 aliphatic rings. The molecule has 1 heterocycles. The molecule has 0 bridgehead atoms. The van der Waals surface area contributed by atoms with Gasteiger partial charge in [-0.05, 0) is 23.8 Å². The van der Waals surface area contributed by atoms with Gasteiger partial charge in [0.25, 0.3) is 0 Å². The van der Waals surface area contributed by atoms with Crippen molar-refractivity contribution in [2.45, 2.75) is 6.54 Å². The molecule has 3 nitrogen and oxygen atoms in total. The second-order valence-electron chi connectivity index (χ2n) is 4.56. The van der Waals surface area contributed by atoms with E-state index in [1.807, 2.05) is 12.1 Å². The summed E-state index contributed by atoms with van der Waals surface area (Å²) in [6.07, 6.45) is 0. The Labute approximate surface area is 137 Å². The molecule has 0 fully saturated rings. The van der Waals surface area contributed by atoms with E-state index >= 15 is 0 Å². The summed E-state index contributed by atoms with van der Waals surface area (Å²) in [4.78, 5) is 0. The molecule has 3 rings (SSSR count). The van der Waals surface area contributed by atoms with Gasteiger partial charge < -0.3 is 14.8 Å². The number of nitrogens with one attached hydrogen (secondary N) is 1. The fourth-order valence-corrected chi connectivity index (χ4v) is 2.67. The standard InChI is InChI=1S/C15H12Cl3NO2/c16-10-1-2-11(17)9(5-10)8-19-13-7-15-14(6-12(13)18)20-3-4-21-15/h1-2,5-7,19H,3-4,8H2. The average molecular weight is 345 g/mol. The predicted octanol–water partition coefficient (Wildman–Crippen LogP) is 5.03. The molecule has 21 heavy (non-hydrogen) atoms. The third-order valence-corrected chi connectivity index (χ3v) is 4.03. The monoisotopic (exact) mass is 343 g/mol. The van der Waals surface area contributed by atoms with Crippen molar-refractivity contribution in [3.05, 3.63) is 51.0 Å². The molecule has 0 amide bonds. The quantitative estimate of drug-likeness (QED) is 0.847. The molecule has 0 unspecified atom stereocenters. The van der Waals surface area contributed by atoms with E-state index < -0.39 is 0 Å². The molecule has 0 atom stereocenters. The third-order valence-electron chi connectivity index (χ3n) is 3.11. The smallest absolute Gasteiger partial charge is 0.163 e. The fraction of sp³-hybridized carbons (Fsp3) is 0.200. The highest BCUT2D eigenvalue weighted by Gasteiger charge is 2.15. The Morgan fingerprint density at radius 1 is 0.905 bits per heavy atom. The Bertz CT molecular complexity index is 676. The molecular formula is C15H12Cl3NO2. The molecule has 110 valence electrons. The average Bonchev–Trinajstić information content (AvgIpc) is 2.48. The number of rotatable bonds is 3. The van der Waals surface area contributed by atoms with Crippen LogP contribution in [-0.2, 0) is 6.54 Å². The Balaban J connectivity index is 1.80. The minimum atomic E-state index is 0.513.